The van der Waals surface area contributed by atoms with Crippen LogP contribution in [0.25, 0.3) is 0 Å². The zero-order valence-corrected chi connectivity index (χ0v) is 12.9. The van der Waals surface area contributed by atoms with Crippen molar-refractivity contribution in [2.45, 2.75) is 0 Å². The molecule has 7 nitrogen and oxygen atoms in total. The molecule has 7 heteroatoms. The summed E-state index contributed by atoms with van der Waals surface area (Å²) in [6, 6.07) is 15.4. The minimum atomic E-state index is -0.820. The van der Waals surface area contributed by atoms with Crippen molar-refractivity contribution in [3.8, 4) is 5.88 Å². The van der Waals surface area contributed by atoms with Gasteiger partial charge in [0.2, 0.25) is 5.88 Å². The number of carbonyl (C=O) groups excluding carboxylic acids is 1. The second-order valence-electron chi connectivity index (χ2n) is 5.14. The van der Waals surface area contributed by atoms with Gasteiger partial charge in [0, 0.05) is 17.3 Å². The largest absolute Gasteiger partial charge is 0.494 e. The highest BCUT2D eigenvalue weighted by atomic mass is 16.3. The lowest BCUT2D eigenvalue weighted by atomic mass is 10.0. The summed E-state index contributed by atoms with van der Waals surface area (Å²) in [5, 5.41) is 9.67. The van der Waals surface area contributed by atoms with E-state index in [1.807, 2.05) is 11.1 Å². The third-order valence-corrected chi connectivity index (χ3v) is 3.48. The number of rotatable bonds is 4. The summed E-state index contributed by atoms with van der Waals surface area (Å²) in [7, 11) is 0. The van der Waals surface area contributed by atoms with Crippen LogP contribution in [0, 0.1) is 0 Å². The molecule has 1 heterocycles. The smallest absolute Gasteiger partial charge is 0.328 e. The highest BCUT2D eigenvalue weighted by molar-refractivity contribution is 6.12. The number of aromatic amines is 2. The minimum absolute atomic E-state index is 0.207. The number of carbonyl (C=O) groups is 1. The fourth-order valence-electron chi connectivity index (χ4n) is 2.26. The number of hydrogen-bond donors (Lipinski definition) is 3. The zero-order valence-electron chi connectivity index (χ0n) is 12.9. The molecule has 0 amide bonds. The van der Waals surface area contributed by atoms with Gasteiger partial charge in [-0.15, -0.1) is 0 Å². The number of nitrogens with one attached hydrogen (secondary N) is 2. The lowest BCUT2D eigenvalue weighted by Crippen LogP contribution is -2.24. The summed E-state index contributed by atoms with van der Waals surface area (Å²) >= 11 is 0. The Bertz CT molecular complexity index is 1070. The molecule has 0 radical (unpaired) electrons. The number of hydrogen-bond acceptors (Lipinski definition) is 5. The standard InChI is InChI=1S/C18H13N3O4/c22-15(11-6-2-1-3-7-11)12-8-4-5-9-14(12)19-10-13-16(23)20-18(25)21-17(13)24/h1-10H,(H3,20,21,23,24,25). The molecule has 1 aromatic heterocycles. The van der Waals surface area contributed by atoms with E-state index in [-0.39, 0.29) is 11.3 Å². The summed E-state index contributed by atoms with van der Waals surface area (Å²) < 4.78 is 0. The van der Waals surface area contributed by atoms with E-state index < -0.39 is 17.1 Å². The van der Waals surface area contributed by atoms with Crippen molar-refractivity contribution in [2.24, 2.45) is 4.99 Å². The van der Waals surface area contributed by atoms with Crippen LogP contribution in [0.4, 0.5) is 5.69 Å². The first-order valence-corrected chi connectivity index (χ1v) is 7.34. The predicted molar refractivity (Wildman–Crippen MR) is 92.9 cm³/mol. The summed E-state index contributed by atoms with van der Waals surface area (Å²) in [4.78, 5) is 43.6. The minimum Gasteiger partial charge on any atom is -0.494 e. The number of aliphatic imine (C=N–C) groups is 1. The van der Waals surface area contributed by atoms with E-state index in [4.69, 9.17) is 0 Å². The number of aromatic hydroxyl groups is 1. The fraction of sp³-hybridized carbons (Fsp3) is 0. The van der Waals surface area contributed by atoms with Crippen LogP contribution in [0.1, 0.15) is 21.5 Å². The van der Waals surface area contributed by atoms with Gasteiger partial charge in [-0.1, -0.05) is 42.5 Å². The maximum Gasteiger partial charge on any atom is 0.328 e. The second-order valence-corrected chi connectivity index (χ2v) is 5.14. The second kappa shape index (κ2) is 6.79. The molecule has 0 atom stereocenters. The lowest BCUT2D eigenvalue weighted by molar-refractivity contribution is 0.103. The first kappa shape index (κ1) is 16.1. The molecular weight excluding hydrogens is 322 g/mol. The van der Waals surface area contributed by atoms with Gasteiger partial charge in [-0.05, 0) is 12.1 Å². The van der Waals surface area contributed by atoms with Crippen molar-refractivity contribution in [3.05, 3.63) is 92.1 Å². The Kier molecular flexibility index (Phi) is 4.38. The van der Waals surface area contributed by atoms with Gasteiger partial charge < -0.3 is 5.11 Å². The van der Waals surface area contributed by atoms with Gasteiger partial charge in [0.15, 0.2) is 5.78 Å². The molecule has 0 aliphatic heterocycles. The first-order valence-electron chi connectivity index (χ1n) is 7.34. The topological polar surface area (TPSA) is 115 Å². The fourth-order valence-corrected chi connectivity index (χ4v) is 2.26. The summed E-state index contributed by atoms with van der Waals surface area (Å²) in [6.45, 7) is 0. The summed E-state index contributed by atoms with van der Waals surface area (Å²) in [5.41, 5.74) is -0.612. The lowest BCUT2D eigenvalue weighted by Gasteiger charge is -2.05. The van der Waals surface area contributed by atoms with E-state index >= 15 is 0 Å². The van der Waals surface area contributed by atoms with Crippen molar-refractivity contribution in [1.29, 1.82) is 0 Å². The monoisotopic (exact) mass is 335 g/mol. The molecule has 25 heavy (non-hydrogen) atoms. The Morgan fingerprint density at radius 1 is 0.960 bits per heavy atom. The van der Waals surface area contributed by atoms with Crippen LogP contribution in [-0.2, 0) is 0 Å². The molecular formula is C18H13N3O4. The number of benzene rings is 2. The number of H-pyrrole nitrogens is 2. The number of para-hydroxylation sites is 1. The highest BCUT2D eigenvalue weighted by Gasteiger charge is 2.13. The van der Waals surface area contributed by atoms with E-state index in [1.165, 1.54) is 0 Å². The number of ketones is 1. The van der Waals surface area contributed by atoms with E-state index in [2.05, 4.69) is 9.98 Å². The Morgan fingerprint density at radius 3 is 2.36 bits per heavy atom. The molecule has 0 aliphatic rings. The van der Waals surface area contributed by atoms with Gasteiger partial charge in [0.1, 0.15) is 5.56 Å². The zero-order chi connectivity index (χ0) is 17.8. The molecule has 0 fully saturated rings. The molecule has 0 spiro atoms. The Morgan fingerprint density at radius 2 is 1.64 bits per heavy atom. The third-order valence-electron chi connectivity index (χ3n) is 3.48. The molecule has 2 aromatic carbocycles. The van der Waals surface area contributed by atoms with Gasteiger partial charge in [-0.3, -0.25) is 24.5 Å². The van der Waals surface area contributed by atoms with Crippen LogP contribution in [0.15, 0.2) is 69.2 Å². The van der Waals surface area contributed by atoms with Crippen molar-refractivity contribution < 1.29 is 9.90 Å². The van der Waals surface area contributed by atoms with Crippen LogP contribution >= 0.6 is 0 Å². The van der Waals surface area contributed by atoms with Gasteiger partial charge >= 0.3 is 5.69 Å². The van der Waals surface area contributed by atoms with Gasteiger partial charge in [0.25, 0.3) is 5.56 Å². The van der Waals surface area contributed by atoms with Crippen LogP contribution in [0.3, 0.4) is 0 Å². The van der Waals surface area contributed by atoms with E-state index in [9.17, 15) is 19.5 Å². The Balaban J connectivity index is 2.02. The number of aromatic nitrogens is 2. The van der Waals surface area contributed by atoms with Crippen molar-refractivity contribution in [3.63, 3.8) is 0 Å². The highest BCUT2D eigenvalue weighted by Crippen LogP contribution is 2.22. The molecule has 0 saturated carbocycles. The van der Waals surface area contributed by atoms with Gasteiger partial charge in [-0.2, -0.15) is 0 Å². The van der Waals surface area contributed by atoms with Crippen LogP contribution in [0.2, 0.25) is 0 Å². The molecule has 3 N–H and O–H groups in total. The average Bonchev–Trinajstić information content (AvgIpc) is 2.61. The molecule has 0 saturated heterocycles. The summed E-state index contributed by atoms with van der Waals surface area (Å²) in [6.07, 6.45) is 1.10. The molecule has 3 rings (SSSR count). The maximum absolute atomic E-state index is 12.6. The van der Waals surface area contributed by atoms with Crippen LogP contribution in [-0.4, -0.2) is 27.1 Å². The van der Waals surface area contributed by atoms with E-state index in [0.717, 1.165) is 6.21 Å². The quantitative estimate of drug-likeness (QED) is 0.497. The van der Waals surface area contributed by atoms with Crippen molar-refractivity contribution in [1.82, 2.24) is 9.97 Å². The Hall–Kier alpha value is -3.74. The SMILES string of the molecule is O=C(c1ccccc1)c1ccccc1N=Cc1c(O)[nH]c(=O)[nH]c1=O. The summed E-state index contributed by atoms with van der Waals surface area (Å²) in [5.74, 6) is -0.808. The van der Waals surface area contributed by atoms with Crippen molar-refractivity contribution >= 4 is 17.7 Å². The third kappa shape index (κ3) is 3.45. The van der Waals surface area contributed by atoms with Crippen LogP contribution in [0.5, 0.6) is 5.88 Å². The maximum atomic E-state index is 12.6. The molecule has 3 aromatic rings. The average molecular weight is 335 g/mol. The van der Waals surface area contributed by atoms with E-state index in [0.29, 0.717) is 16.8 Å². The molecule has 124 valence electrons. The molecule has 0 bridgehead atoms. The van der Waals surface area contributed by atoms with Crippen molar-refractivity contribution in [2.75, 3.05) is 0 Å². The molecule has 0 unspecified atom stereocenters. The Labute approximate surface area is 141 Å². The first-order chi connectivity index (χ1) is 12.1. The molecule has 0 aliphatic carbocycles. The number of nitrogens with zero attached hydrogens (tertiary/aromatic N) is 1. The van der Waals surface area contributed by atoms with E-state index in [1.54, 1.807) is 48.5 Å². The van der Waals surface area contributed by atoms with Crippen LogP contribution < -0.4 is 11.2 Å². The van der Waals surface area contributed by atoms with Gasteiger partial charge in [0.05, 0.1) is 5.69 Å². The predicted octanol–water partition coefficient (Wildman–Crippen LogP) is 1.75. The van der Waals surface area contributed by atoms with Gasteiger partial charge in [-0.25, -0.2) is 4.79 Å². The normalized spacial score (nSPS) is 10.9.